The van der Waals surface area contributed by atoms with E-state index in [0.717, 1.165) is 24.4 Å². The number of nitrogens with zero attached hydrogens (tertiary/aromatic N) is 1. The lowest BCUT2D eigenvalue weighted by atomic mass is 9.88. The number of ketones is 1. The van der Waals surface area contributed by atoms with Gasteiger partial charge in [-0.3, -0.25) is 4.79 Å². The van der Waals surface area contributed by atoms with Gasteiger partial charge in [0, 0.05) is 18.1 Å². The molecule has 1 N–H and O–H groups in total. The smallest absolute Gasteiger partial charge is 0.392 e. The molecule has 0 saturated heterocycles. The van der Waals surface area contributed by atoms with Gasteiger partial charge in [-0.25, -0.2) is 4.39 Å². The topological polar surface area (TPSA) is 73.5 Å². The lowest BCUT2D eigenvalue weighted by Crippen LogP contribution is -2.36. The lowest BCUT2D eigenvalue weighted by molar-refractivity contribution is -0.614. The van der Waals surface area contributed by atoms with E-state index in [4.69, 9.17) is 11.6 Å². The van der Waals surface area contributed by atoms with Crippen LogP contribution in [0.4, 0.5) is 26.3 Å². The van der Waals surface area contributed by atoms with Crippen LogP contribution in [0.5, 0.6) is 5.75 Å². The van der Waals surface area contributed by atoms with Crippen LogP contribution in [-0.2, 0) is 11.2 Å². The minimum absolute atomic E-state index is 0.180. The molecule has 3 aromatic rings. The first-order valence-electron chi connectivity index (χ1n) is 12.0. The Morgan fingerprint density at radius 3 is 2.38 bits per heavy atom. The fraction of sp³-hybridized carbons (Fsp3) is 0.286. The van der Waals surface area contributed by atoms with Crippen LogP contribution in [0.1, 0.15) is 35.6 Å². The number of hydrogen-bond donors (Lipinski definition) is 1. The van der Waals surface area contributed by atoms with E-state index in [-0.39, 0.29) is 41.0 Å². The number of benzene rings is 2. The van der Waals surface area contributed by atoms with Gasteiger partial charge in [0.1, 0.15) is 17.4 Å². The van der Waals surface area contributed by atoms with Gasteiger partial charge in [-0.15, -0.1) is 0 Å². The lowest BCUT2D eigenvalue weighted by Gasteiger charge is -2.18. The fourth-order valence-electron chi connectivity index (χ4n) is 4.67. The van der Waals surface area contributed by atoms with Crippen molar-refractivity contribution < 1.29 is 45.7 Å². The van der Waals surface area contributed by atoms with Gasteiger partial charge in [0.25, 0.3) is 0 Å². The summed E-state index contributed by atoms with van der Waals surface area (Å²) < 4.78 is 84.8. The van der Waals surface area contributed by atoms with Crippen LogP contribution >= 0.6 is 11.6 Å². The molecule has 1 heterocycles. The van der Waals surface area contributed by atoms with Crippen molar-refractivity contribution in [2.75, 3.05) is 0 Å². The van der Waals surface area contributed by atoms with E-state index in [9.17, 15) is 41.5 Å². The Labute approximate surface area is 229 Å². The molecular formula is C28H22ClF6NO4. The maximum Gasteiger partial charge on any atom is 0.392 e. The third-order valence-electron chi connectivity index (χ3n) is 6.80. The molecule has 1 aliphatic rings. The largest absolute Gasteiger partial charge is 0.618 e. The number of aliphatic hydroxyl groups is 1. The molecule has 40 heavy (non-hydrogen) atoms. The number of pyridine rings is 1. The minimum Gasteiger partial charge on any atom is -0.618 e. The van der Waals surface area contributed by atoms with E-state index in [1.54, 1.807) is 12.1 Å². The van der Waals surface area contributed by atoms with E-state index in [1.807, 2.05) is 0 Å². The van der Waals surface area contributed by atoms with Gasteiger partial charge in [-0.05, 0) is 42.5 Å². The molecule has 12 heteroatoms. The van der Waals surface area contributed by atoms with Crippen LogP contribution in [0.15, 0.2) is 61.3 Å². The summed E-state index contributed by atoms with van der Waals surface area (Å²) in [5, 5.41) is 22.2. The van der Waals surface area contributed by atoms with Crippen molar-refractivity contribution in [1.82, 2.24) is 0 Å². The van der Waals surface area contributed by atoms with Gasteiger partial charge in [0.15, 0.2) is 17.8 Å². The third-order valence-corrected chi connectivity index (χ3v) is 7.09. The second-order valence-corrected chi connectivity index (χ2v) is 9.91. The summed E-state index contributed by atoms with van der Waals surface area (Å²) in [6.07, 6.45) is -4.26. The summed E-state index contributed by atoms with van der Waals surface area (Å²) in [6, 6.07) is 10.5. The van der Waals surface area contributed by atoms with Gasteiger partial charge in [-0.2, -0.15) is 26.7 Å². The highest BCUT2D eigenvalue weighted by Gasteiger charge is 2.56. The van der Waals surface area contributed by atoms with E-state index < -0.39 is 58.5 Å². The molecule has 0 amide bonds. The molecule has 1 saturated carbocycles. The minimum atomic E-state index is -4.44. The second-order valence-electron chi connectivity index (χ2n) is 9.50. The maximum atomic E-state index is 14.8. The molecule has 2 aromatic carbocycles. The predicted octanol–water partition coefficient (Wildman–Crippen LogP) is 7.39. The number of ether oxygens (including phenoxy) is 1. The maximum absolute atomic E-state index is 14.8. The average Bonchev–Trinajstić information content (AvgIpc) is 3.65. The first-order valence-corrected chi connectivity index (χ1v) is 12.4. The molecule has 5 nitrogen and oxygen atoms in total. The molecule has 1 fully saturated rings. The molecule has 212 valence electrons. The summed E-state index contributed by atoms with van der Waals surface area (Å²) in [5.41, 5.74) is 0.0135. The Bertz CT molecular complexity index is 1430. The summed E-state index contributed by atoms with van der Waals surface area (Å²) in [4.78, 5) is 13.4. The zero-order chi connectivity index (χ0) is 29.4. The zero-order valence-electron chi connectivity index (χ0n) is 20.6. The first-order chi connectivity index (χ1) is 18.8. The number of aromatic nitrogens is 1. The molecule has 0 spiro atoms. The van der Waals surface area contributed by atoms with Crippen molar-refractivity contribution in [1.29, 1.82) is 0 Å². The molecule has 0 bridgehead atoms. The third kappa shape index (κ3) is 6.52. The molecule has 1 aliphatic carbocycles. The second kappa shape index (κ2) is 11.4. The van der Waals surface area contributed by atoms with Crippen molar-refractivity contribution in [3.63, 3.8) is 0 Å². The number of alkyl halides is 5. The molecule has 0 radical (unpaired) electrons. The number of carbonyl (C=O) groups excluding carboxylic acids is 1. The first kappa shape index (κ1) is 29.3. The number of carbonyl (C=O) groups is 1. The average molecular weight is 586 g/mol. The van der Waals surface area contributed by atoms with Crippen molar-refractivity contribution in [2.45, 2.75) is 38.0 Å². The molecule has 0 aliphatic heterocycles. The van der Waals surface area contributed by atoms with Crippen LogP contribution in [0.25, 0.3) is 16.9 Å². The van der Waals surface area contributed by atoms with Gasteiger partial charge in [0.05, 0.1) is 22.1 Å². The van der Waals surface area contributed by atoms with Gasteiger partial charge < -0.3 is 15.1 Å². The fourth-order valence-corrected chi connectivity index (χ4v) is 4.83. The van der Waals surface area contributed by atoms with E-state index >= 15 is 0 Å². The number of Topliss-reactive ketones (excluding diaryl/α,β-unsaturated/α-hetero) is 1. The number of halogens is 7. The van der Waals surface area contributed by atoms with Crippen molar-refractivity contribution in [3.8, 4) is 16.9 Å². The number of rotatable bonds is 10. The van der Waals surface area contributed by atoms with Crippen LogP contribution in [-0.4, -0.2) is 23.7 Å². The molecule has 3 atom stereocenters. The highest BCUT2D eigenvalue weighted by atomic mass is 35.5. The van der Waals surface area contributed by atoms with E-state index in [0.29, 0.717) is 11.1 Å². The normalized spacial score (nSPS) is 17.5. The van der Waals surface area contributed by atoms with E-state index in [2.05, 4.69) is 11.3 Å². The number of aliphatic hydroxyl groups excluding tert-OH is 1. The molecular weight excluding hydrogens is 564 g/mol. The van der Waals surface area contributed by atoms with Crippen LogP contribution in [0.3, 0.4) is 0 Å². The molecule has 3 unspecified atom stereocenters. The van der Waals surface area contributed by atoms with Crippen LogP contribution in [0.2, 0.25) is 5.02 Å². The Morgan fingerprint density at radius 1 is 1.15 bits per heavy atom. The number of hydrogen-bond acceptors (Lipinski definition) is 4. The Morgan fingerprint density at radius 2 is 1.82 bits per heavy atom. The van der Waals surface area contributed by atoms with Crippen molar-refractivity contribution in [2.24, 2.45) is 11.8 Å². The zero-order valence-corrected chi connectivity index (χ0v) is 21.4. The summed E-state index contributed by atoms with van der Waals surface area (Å²) >= 11 is 5.80. The Hall–Kier alpha value is -3.73. The molecule has 1 aromatic heterocycles. The summed E-state index contributed by atoms with van der Waals surface area (Å²) in [6.45, 7) is 0.101. The monoisotopic (exact) mass is 585 g/mol. The summed E-state index contributed by atoms with van der Waals surface area (Å²) in [5.74, 6) is -6.13. The highest BCUT2D eigenvalue weighted by molar-refractivity contribution is 6.31. The molecule has 4 rings (SSSR count). The van der Waals surface area contributed by atoms with Gasteiger partial charge in [0.2, 0.25) is 5.69 Å². The van der Waals surface area contributed by atoms with Gasteiger partial charge in [-0.1, -0.05) is 42.4 Å². The highest BCUT2D eigenvalue weighted by Crippen LogP contribution is 2.54. The SMILES string of the molecule is C=C(O)c1ccc(CC(=O)C(CC2CC2C(F)(F)F)c2ccc(-c3c(OC(F)F)ccc(Cl)c3F)c[n+]2[O-])cc1. The quantitative estimate of drug-likeness (QED) is 0.116. The Balaban J connectivity index is 1.68. The standard InChI is InChI=1S/C28H22ClF6NO4/c1-14(37)16-4-2-15(3-5-16)10-23(38)19(11-18-12-20(18)28(33,34)35)22-8-6-17(13-36(22)39)25-24(40-27(31)32)9-7-21(29)26(25)30/h2-9,13,18-20,27,37H,1,10-12H2. The van der Waals surface area contributed by atoms with Crippen molar-refractivity contribution >= 4 is 23.1 Å². The van der Waals surface area contributed by atoms with Crippen LogP contribution in [0, 0.1) is 22.9 Å². The van der Waals surface area contributed by atoms with Crippen LogP contribution < -0.4 is 9.47 Å². The summed E-state index contributed by atoms with van der Waals surface area (Å²) in [7, 11) is 0. The predicted molar refractivity (Wildman–Crippen MR) is 134 cm³/mol. The Kier molecular flexibility index (Phi) is 8.34. The van der Waals surface area contributed by atoms with Gasteiger partial charge >= 0.3 is 12.8 Å². The van der Waals surface area contributed by atoms with E-state index in [1.165, 1.54) is 18.2 Å². The van der Waals surface area contributed by atoms with Crippen molar-refractivity contribution in [3.05, 3.63) is 94.2 Å².